The van der Waals surface area contributed by atoms with E-state index >= 15 is 0 Å². The van der Waals surface area contributed by atoms with E-state index in [1.807, 2.05) is 6.07 Å². The van der Waals surface area contributed by atoms with Crippen LogP contribution < -0.4 is 0 Å². The molecule has 0 N–H and O–H groups in total. The summed E-state index contributed by atoms with van der Waals surface area (Å²) < 4.78 is 4.52. The molecular weight excluding hydrogens is 1090 g/mol. The second-order valence-corrected chi connectivity index (χ2v) is 23.6. The number of aromatic nitrogens is 6. The summed E-state index contributed by atoms with van der Waals surface area (Å²) in [7, 11) is 0. The maximum atomic E-state index is 5.82. The SMILES string of the molecule is c1ccc(-c2nc3cc(-c4ccc(-c5nc(-c6ccc7c(c6)nc(-c6ccccc6)n7-c6ccccc6)nc6c(-c7ccc8c9c(cccc79)-c7ccccc7-8)cc(-c7ccc8c9c(cccc79)-c7ccccc7-8)cc56)cc4)ccc3n2-c2ccccc2)cc1. The first-order valence-electron chi connectivity index (χ1n) is 30.7. The number of benzene rings is 14. The standard InChI is InChI=1S/C84H50N6/c1-5-19-53(20-6-1)83-85-74-49-55(39-45-76(74)89(83)58-23-9-3-10-24-58)51-35-37-52(38-36-51)80-73-48-57(60-41-43-70-63-29-15-13-27-61(63)67-32-17-31-66(60)78(67)70)47-72(65-42-44-71-64-30-16-14-28-62(64)68-33-18-34-69(65)79(68)71)81(73)88-82(87-80)56-40-46-77-75(50-56)86-84(54-21-7-2-8-22-54)90(77)59-25-11-4-12-26-59/h1-50H. The Hall–Kier alpha value is -12.1. The number of rotatable bonds is 9. The van der Waals surface area contributed by atoms with Crippen molar-refractivity contribution in [3.8, 4) is 135 Å². The molecule has 6 heteroatoms. The van der Waals surface area contributed by atoms with E-state index in [-0.39, 0.29) is 0 Å². The van der Waals surface area contributed by atoms with Gasteiger partial charge in [-0.3, -0.25) is 9.13 Å². The molecule has 0 fully saturated rings. The molecule has 6 nitrogen and oxygen atoms in total. The first-order chi connectivity index (χ1) is 44.6. The molecule has 0 atom stereocenters. The van der Waals surface area contributed by atoms with E-state index in [2.05, 4.69) is 306 Å². The first kappa shape index (κ1) is 50.1. The van der Waals surface area contributed by atoms with Crippen molar-refractivity contribution >= 4 is 54.5 Å². The Labute approximate surface area is 518 Å². The lowest BCUT2D eigenvalue weighted by Gasteiger charge is -2.18. The Balaban J connectivity index is 0.851. The van der Waals surface area contributed by atoms with E-state index in [1.54, 1.807) is 0 Å². The van der Waals surface area contributed by atoms with Crippen molar-refractivity contribution < 1.29 is 0 Å². The molecule has 2 aliphatic carbocycles. The van der Waals surface area contributed by atoms with E-state index in [4.69, 9.17) is 19.9 Å². The molecular formula is C84H50N6. The third-order valence-electron chi connectivity index (χ3n) is 18.6. The summed E-state index contributed by atoms with van der Waals surface area (Å²) in [6, 6.07) is 109. The Kier molecular flexibility index (Phi) is 11.0. The van der Waals surface area contributed by atoms with Crippen molar-refractivity contribution in [2.75, 3.05) is 0 Å². The van der Waals surface area contributed by atoms with Crippen LogP contribution in [0, 0.1) is 0 Å². The zero-order valence-corrected chi connectivity index (χ0v) is 48.6. The predicted octanol–water partition coefficient (Wildman–Crippen LogP) is 21.6. The van der Waals surface area contributed by atoms with E-state index < -0.39 is 0 Å². The van der Waals surface area contributed by atoms with Gasteiger partial charge in [-0.1, -0.05) is 237 Å². The molecule has 2 aliphatic rings. The minimum absolute atomic E-state index is 0.614. The van der Waals surface area contributed by atoms with Crippen molar-refractivity contribution in [1.82, 2.24) is 29.1 Å². The Morgan fingerprint density at radius 3 is 1.19 bits per heavy atom. The lowest BCUT2D eigenvalue weighted by molar-refractivity contribution is 1.10. The van der Waals surface area contributed by atoms with Gasteiger partial charge in [0.1, 0.15) is 11.6 Å². The molecule has 14 aromatic carbocycles. The Morgan fingerprint density at radius 2 is 0.644 bits per heavy atom. The van der Waals surface area contributed by atoms with E-state index in [9.17, 15) is 0 Å². The van der Waals surface area contributed by atoms with Crippen LogP contribution in [0.3, 0.4) is 0 Å². The van der Waals surface area contributed by atoms with Crippen molar-refractivity contribution in [2.45, 2.75) is 0 Å². The van der Waals surface area contributed by atoms with Gasteiger partial charge in [-0.25, -0.2) is 19.9 Å². The number of nitrogens with zero attached hydrogens (tertiary/aromatic N) is 6. The van der Waals surface area contributed by atoms with Gasteiger partial charge in [0.05, 0.1) is 33.3 Å². The third-order valence-corrected chi connectivity index (χ3v) is 18.6. The Morgan fingerprint density at radius 1 is 0.222 bits per heavy atom. The molecule has 0 aliphatic heterocycles. The van der Waals surface area contributed by atoms with Gasteiger partial charge in [-0.15, -0.1) is 0 Å². The highest BCUT2D eigenvalue weighted by molar-refractivity contribution is 6.22. The van der Waals surface area contributed by atoms with Gasteiger partial charge in [0.25, 0.3) is 0 Å². The molecule has 3 heterocycles. The maximum absolute atomic E-state index is 5.82. The maximum Gasteiger partial charge on any atom is 0.160 e. The minimum Gasteiger partial charge on any atom is -0.292 e. The van der Waals surface area contributed by atoms with Crippen LogP contribution >= 0.6 is 0 Å². The normalized spacial score (nSPS) is 12.0. The van der Waals surface area contributed by atoms with E-state index in [0.717, 1.165) is 117 Å². The van der Waals surface area contributed by atoms with Crippen LogP contribution in [-0.4, -0.2) is 29.1 Å². The lowest BCUT2D eigenvalue weighted by atomic mass is 9.88. The fourth-order valence-corrected chi connectivity index (χ4v) is 14.6. The highest BCUT2D eigenvalue weighted by Gasteiger charge is 2.28. The highest BCUT2D eigenvalue weighted by Crippen LogP contribution is 2.53. The van der Waals surface area contributed by atoms with Crippen LogP contribution in [0.2, 0.25) is 0 Å². The molecule has 0 unspecified atom stereocenters. The molecule has 90 heavy (non-hydrogen) atoms. The summed E-state index contributed by atoms with van der Waals surface area (Å²) in [5, 5.41) is 5.90. The number of fused-ring (bicyclic) bond motifs is 9. The smallest absolute Gasteiger partial charge is 0.160 e. The Bertz CT molecular complexity index is 5750. The van der Waals surface area contributed by atoms with Crippen molar-refractivity contribution in [3.05, 3.63) is 303 Å². The summed E-state index contributed by atoms with van der Waals surface area (Å²) >= 11 is 0. The van der Waals surface area contributed by atoms with Gasteiger partial charge >= 0.3 is 0 Å². The number of hydrogen-bond acceptors (Lipinski definition) is 4. The summed E-state index contributed by atoms with van der Waals surface area (Å²) in [6.07, 6.45) is 0. The third kappa shape index (κ3) is 7.65. The summed E-state index contributed by atoms with van der Waals surface area (Å²) in [4.78, 5) is 22.3. The number of para-hydroxylation sites is 2. The van der Waals surface area contributed by atoms with Crippen molar-refractivity contribution in [3.63, 3.8) is 0 Å². The van der Waals surface area contributed by atoms with Gasteiger partial charge in [0.15, 0.2) is 5.82 Å². The first-order valence-corrected chi connectivity index (χ1v) is 30.7. The molecule has 17 aromatic rings. The van der Waals surface area contributed by atoms with Crippen LogP contribution in [0.4, 0.5) is 0 Å². The zero-order chi connectivity index (χ0) is 59.0. The van der Waals surface area contributed by atoms with Gasteiger partial charge in [0.2, 0.25) is 0 Å². The molecule has 0 radical (unpaired) electrons. The molecule has 0 saturated carbocycles. The number of imidazole rings is 2. The summed E-state index contributed by atoms with van der Waals surface area (Å²) in [5.41, 5.74) is 28.2. The molecule has 19 rings (SSSR count). The number of hydrogen-bond donors (Lipinski definition) is 0. The molecule has 0 spiro atoms. The summed E-state index contributed by atoms with van der Waals surface area (Å²) in [6.45, 7) is 0. The fourth-order valence-electron chi connectivity index (χ4n) is 14.6. The quantitative estimate of drug-likeness (QED) is 0.144. The molecule has 0 saturated heterocycles. The van der Waals surface area contributed by atoms with Crippen LogP contribution in [0.5, 0.6) is 0 Å². The van der Waals surface area contributed by atoms with Crippen LogP contribution in [0.1, 0.15) is 0 Å². The second kappa shape index (κ2) is 19.7. The minimum atomic E-state index is 0.614. The highest BCUT2D eigenvalue weighted by atomic mass is 15.1. The molecule has 416 valence electrons. The van der Waals surface area contributed by atoms with Crippen molar-refractivity contribution in [2.24, 2.45) is 0 Å². The van der Waals surface area contributed by atoms with Gasteiger partial charge in [-0.2, -0.15) is 0 Å². The van der Waals surface area contributed by atoms with Crippen LogP contribution in [0.25, 0.3) is 189 Å². The van der Waals surface area contributed by atoms with Gasteiger partial charge in [0, 0.05) is 44.6 Å². The fraction of sp³-hybridized carbons (Fsp3) is 0. The summed E-state index contributed by atoms with van der Waals surface area (Å²) in [5.74, 6) is 2.38. The topological polar surface area (TPSA) is 61.4 Å². The van der Waals surface area contributed by atoms with Gasteiger partial charge in [-0.05, 0) is 161 Å². The average Bonchev–Trinajstić information content (AvgIpc) is 1.53. The van der Waals surface area contributed by atoms with Crippen LogP contribution in [-0.2, 0) is 0 Å². The monoisotopic (exact) mass is 1140 g/mol. The van der Waals surface area contributed by atoms with E-state index in [1.165, 1.54) is 66.1 Å². The molecule has 3 aromatic heterocycles. The second-order valence-electron chi connectivity index (χ2n) is 23.6. The van der Waals surface area contributed by atoms with Crippen molar-refractivity contribution in [1.29, 1.82) is 0 Å². The predicted molar refractivity (Wildman–Crippen MR) is 371 cm³/mol. The zero-order valence-electron chi connectivity index (χ0n) is 48.6. The molecule has 0 bridgehead atoms. The largest absolute Gasteiger partial charge is 0.292 e. The van der Waals surface area contributed by atoms with E-state index in [0.29, 0.717) is 5.82 Å². The average molecular weight is 1140 g/mol. The van der Waals surface area contributed by atoms with Crippen LogP contribution in [0.15, 0.2) is 303 Å². The molecule has 0 amide bonds. The van der Waals surface area contributed by atoms with Gasteiger partial charge < -0.3 is 0 Å². The lowest BCUT2D eigenvalue weighted by Crippen LogP contribution is -1.99.